The van der Waals surface area contributed by atoms with Crippen LogP contribution in [-0.2, 0) is 11.2 Å². The molecule has 1 N–H and O–H groups in total. The molecule has 3 aliphatic rings. The number of amides is 1. The molecule has 0 spiro atoms. The fraction of sp³-hybridized carbons (Fsp3) is 0.571. The molecule has 0 bridgehead atoms. The maximum atomic E-state index is 13.4. The van der Waals surface area contributed by atoms with E-state index in [2.05, 4.69) is 39.2 Å². The summed E-state index contributed by atoms with van der Waals surface area (Å²) in [6.07, 6.45) is 10.0. The Labute approximate surface area is 208 Å². The largest absolute Gasteiger partial charge is 0.486 e. The molecule has 1 aromatic heterocycles. The summed E-state index contributed by atoms with van der Waals surface area (Å²) in [6, 6.07) is 10.3. The Morgan fingerprint density at radius 3 is 2.63 bits per heavy atom. The molecule has 1 unspecified atom stereocenters. The molecule has 1 aliphatic carbocycles. The first-order chi connectivity index (χ1) is 17.1. The number of hydrogen-bond acceptors (Lipinski definition) is 6. The Hall–Kier alpha value is -2.80. The Morgan fingerprint density at radius 1 is 1.06 bits per heavy atom. The molecule has 7 nitrogen and oxygen atoms in total. The van der Waals surface area contributed by atoms with E-state index in [9.17, 15) is 4.79 Å². The lowest BCUT2D eigenvalue weighted by molar-refractivity contribution is -0.132. The van der Waals surface area contributed by atoms with Crippen LogP contribution >= 0.6 is 0 Å². The summed E-state index contributed by atoms with van der Waals surface area (Å²) >= 11 is 0. The molecular weight excluding hydrogens is 440 g/mol. The number of hydrogen-bond donors (Lipinski definition) is 1. The summed E-state index contributed by atoms with van der Waals surface area (Å²) in [6.45, 7) is 7.93. The van der Waals surface area contributed by atoms with Crippen LogP contribution in [0, 0.1) is 5.41 Å². The number of fused-ring (bicyclic) bond motifs is 1. The van der Waals surface area contributed by atoms with Gasteiger partial charge >= 0.3 is 0 Å². The number of carbonyl (C=O) groups excluding carboxylic acids is 1. The zero-order chi connectivity index (χ0) is 24.1. The summed E-state index contributed by atoms with van der Waals surface area (Å²) < 4.78 is 11.7. The van der Waals surface area contributed by atoms with E-state index >= 15 is 0 Å². The molecule has 5 rings (SSSR count). The highest BCUT2D eigenvalue weighted by Crippen LogP contribution is 2.40. The molecule has 1 amide bonds. The van der Waals surface area contributed by atoms with Crippen molar-refractivity contribution in [1.29, 1.82) is 0 Å². The molecule has 2 aliphatic heterocycles. The van der Waals surface area contributed by atoms with Gasteiger partial charge in [0.1, 0.15) is 13.2 Å². The highest BCUT2D eigenvalue weighted by Gasteiger charge is 2.36. The number of aromatic nitrogens is 1. The third-order valence-electron chi connectivity index (χ3n) is 7.78. The highest BCUT2D eigenvalue weighted by molar-refractivity contribution is 5.82. The van der Waals surface area contributed by atoms with E-state index in [0.29, 0.717) is 13.2 Å². The lowest BCUT2D eigenvalue weighted by Gasteiger charge is -2.39. The number of rotatable bonds is 7. The van der Waals surface area contributed by atoms with Gasteiger partial charge in [0.25, 0.3) is 0 Å². The Morgan fingerprint density at radius 2 is 1.86 bits per heavy atom. The van der Waals surface area contributed by atoms with Crippen molar-refractivity contribution in [2.45, 2.75) is 51.5 Å². The highest BCUT2D eigenvalue weighted by atomic mass is 16.6. The number of carbonyl (C=O) groups is 1. The quantitative estimate of drug-likeness (QED) is 0.655. The number of para-hydroxylation sites is 1. The summed E-state index contributed by atoms with van der Waals surface area (Å²) in [7, 11) is 0. The van der Waals surface area contributed by atoms with E-state index in [0.717, 1.165) is 82.0 Å². The standard InChI is InChI=1S/C28H38N4O3/c1-28(10-3-2-4-11-28)27(33)30-23(19-22-7-6-12-29-20-22)21-31-13-15-32(16-14-31)24-8-5-9-25-26(24)35-18-17-34-25/h5-9,12,20,23H,2-4,10-11,13-19,21H2,1H3,(H,30,33). The van der Waals surface area contributed by atoms with E-state index < -0.39 is 0 Å². The molecular formula is C28H38N4O3. The van der Waals surface area contributed by atoms with Crippen LogP contribution in [0.3, 0.4) is 0 Å². The Balaban J connectivity index is 1.23. The van der Waals surface area contributed by atoms with Gasteiger partial charge in [0.15, 0.2) is 11.5 Å². The van der Waals surface area contributed by atoms with Crippen molar-refractivity contribution in [2.75, 3.05) is 50.8 Å². The van der Waals surface area contributed by atoms with Crippen molar-refractivity contribution in [3.05, 3.63) is 48.3 Å². The van der Waals surface area contributed by atoms with Gasteiger partial charge < -0.3 is 19.7 Å². The number of nitrogens with one attached hydrogen (secondary N) is 1. The van der Waals surface area contributed by atoms with Gasteiger partial charge in [-0.25, -0.2) is 0 Å². The second-order valence-corrected chi connectivity index (χ2v) is 10.4. The van der Waals surface area contributed by atoms with E-state index in [1.54, 1.807) is 6.20 Å². The topological polar surface area (TPSA) is 66.9 Å². The summed E-state index contributed by atoms with van der Waals surface area (Å²) in [5.41, 5.74) is 2.05. The van der Waals surface area contributed by atoms with Gasteiger partial charge in [0, 0.05) is 56.6 Å². The van der Waals surface area contributed by atoms with Gasteiger partial charge in [0.05, 0.1) is 5.69 Å². The van der Waals surface area contributed by atoms with Crippen molar-refractivity contribution in [3.8, 4) is 11.5 Å². The lowest BCUT2D eigenvalue weighted by atomic mass is 9.75. The second-order valence-electron chi connectivity index (χ2n) is 10.4. The van der Waals surface area contributed by atoms with Crippen molar-refractivity contribution in [1.82, 2.24) is 15.2 Å². The molecule has 2 aromatic rings. The van der Waals surface area contributed by atoms with Crippen LogP contribution in [-0.4, -0.2) is 67.8 Å². The van der Waals surface area contributed by atoms with E-state index in [-0.39, 0.29) is 17.4 Å². The van der Waals surface area contributed by atoms with E-state index in [4.69, 9.17) is 9.47 Å². The zero-order valence-corrected chi connectivity index (χ0v) is 20.9. The predicted molar refractivity (Wildman–Crippen MR) is 137 cm³/mol. The molecule has 188 valence electrons. The minimum absolute atomic E-state index is 0.0678. The monoisotopic (exact) mass is 478 g/mol. The van der Waals surface area contributed by atoms with E-state index in [1.165, 1.54) is 12.0 Å². The van der Waals surface area contributed by atoms with Crippen molar-refractivity contribution in [3.63, 3.8) is 0 Å². The average molecular weight is 479 g/mol. The van der Waals surface area contributed by atoms with Gasteiger partial charge in [0.2, 0.25) is 5.91 Å². The molecule has 35 heavy (non-hydrogen) atoms. The van der Waals surface area contributed by atoms with Crippen LogP contribution in [0.5, 0.6) is 11.5 Å². The fourth-order valence-corrected chi connectivity index (χ4v) is 5.67. The zero-order valence-electron chi connectivity index (χ0n) is 20.9. The van der Waals surface area contributed by atoms with Crippen molar-refractivity contribution in [2.24, 2.45) is 5.41 Å². The maximum Gasteiger partial charge on any atom is 0.226 e. The molecule has 1 saturated carbocycles. The fourth-order valence-electron chi connectivity index (χ4n) is 5.67. The minimum atomic E-state index is -0.237. The van der Waals surface area contributed by atoms with Crippen LogP contribution in [0.2, 0.25) is 0 Å². The molecule has 1 aromatic carbocycles. The van der Waals surface area contributed by atoms with Gasteiger partial charge in [-0.15, -0.1) is 0 Å². The first kappa shape index (κ1) is 23.9. The number of pyridine rings is 1. The van der Waals surface area contributed by atoms with Gasteiger partial charge in [-0.3, -0.25) is 14.7 Å². The summed E-state index contributed by atoms with van der Waals surface area (Å²) in [5.74, 6) is 1.93. The first-order valence-electron chi connectivity index (χ1n) is 13.2. The normalized spacial score (nSPS) is 20.8. The second kappa shape index (κ2) is 10.9. The lowest BCUT2D eigenvalue weighted by Crippen LogP contribution is -2.54. The van der Waals surface area contributed by atoms with Crippen LogP contribution in [0.1, 0.15) is 44.6 Å². The van der Waals surface area contributed by atoms with E-state index in [1.807, 2.05) is 24.4 Å². The SMILES string of the molecule is CC1(C(=O)NC(Cc2cccnc2)CN2CCN(c3cccc4c3OCCO4)CC2)CCCCC1. The molecule has 0 radical (unpaired) electrons. The third kappa shape index (κ3) is 5.72. The van der Waals surface area contributed by atoms with Crippen LogP contribution in [0.25, 0.3) is 0 Å². The third-order valence-corrected chi connectivity index (χ3v) is 7.78. The number of anilines is 1. The molecule has 1 atom stereocenters. The number of ether oxygens (including phenoxy) is 2. The average Bonchev–Trinajstić information content (AvgIpc) is 2.90. The summed E-state index contributed by atoms with van der Waals surface area (Å²) in [5, 5.41) is 3.45. The van der Waals surface area contributed by atoms with Crippen molar-refractivity contribution >= 4 is 11.6 Å². The van der Waals surface area contributed by atoms with Gasteiger partial charge in [-0.2, -0.15) is 0 Å². The number of nitrogens with zero attached hydrogens (tertiary/aromatic N) is 3. The molecule has 2 fully saturated rings. The molecule has 3 heterocycles. The predicted octanol–water partition coefficient (Wildman–Crippen LogP) is 3.67. The number of benzene rings is 1. The molecule has 7 heteroatoms. The first-order valence-corrected chi connectivity index (χ1v) is 13.2. The van der Waals surface area contributed by atoms with Crippen molar-refractivity contribution < 1.29 is 14.3 Å². The Bertz CT molecular complexity index is 985. The maximum absolute atomic E-state index is 13.4. The Kier molecular flexibility index (Phi) is 7.42. The van der Waals surface area contributed by atoms with Gasteiger partial charge in [-0.1, -0.05) is 38.3 Å². The van der Waals surface area contributed by atoms with Crippen LogP contribution in [0.4, 0.5) is 5.69 Å². The van der Waals surface area contributed by atoms with Crippen LogP contribution < -0.4 is 19.7 Å². The smallest absolute Gasteiger partial charge is 0.226 e. The summed E-state index contributed by atoms with van der Waals surface area (Å²) in [4.78, 5) is 22.5. The minimum Gasteiger partial charge on any atom is -0.486 e. The number of piperazine rings is 1. The van der Waals surface area contributed by atoms with Gasteiger partial charge in [-0.05, 0) is 43.0 Å². The molecule has 1 saturated heterocycles. The van der Waals surface area contributed by atoms with Crippen LogP contribution in [0.15, 0.2) is 42.7 Å².